The summed E-state index contributed by atoms with van der Waals surface area (Å²) >= 11 is 0. The number of hydrogen-bond donors (Lipinski definition) is 2. The van der Waals surface area contributed by atoms with Crippen molar-refractivity contribution in [3.05, 3.63) is 34.2 Å². The van der Waals surface area contributed by atoms with Gasteiger partial charge in [0.2, 0.25) is 0 Å². The second-order valence-corrected chi connectivity index (χ2v) is 4.71. The molecular formula is C16H28N2O4Ti. The first-order chi connectivity index (χ1) is 10.3. The fourth-order valence-electron chi connectivity index (χ4n) is 1.33. The Morgan fingerprint density at radius 3 is 1.30 bits per heavy atom. The largest absolute Gasteiger partial charge is 2.00 e. The minimum absolute atomic E-state index is 0. The molecule has 7 heteroatoms. The molecule has 0 aliphatic carbocycles. The molecule has 6 nitrogen and oxygen atoms in total. The minimum atomic E-state index is 0. The van der Waals surface area contributed by atoms with Crippen LogP contribution in [0.4, 0.5) is 0 Å². The summed E-state index contributed by atoms with van der Waals surface area (Å²) < 4.78 is 0. The van der Waals surface area contributed by atoms with Gasteiger partial charge in [0.25, 0.3) is 0 Å². The third-order valence-corrected chi connectivity index (χ3v) is 2.18. The van der Waals surface area contributed by atoms with Gasteiger partial charge in [-0.1, -0.05) is 13.8 Å². The summed E-state index contributed by atoms with van der Waals surface area (Å²) in [4.78, 5) is 21.0. The predicted octanol–water partition coefficient (Wildman–Crippen LogP) is 2.47. The summed E-state index contributed by atoms with van der Waals surface area (Å²) in [7, 11) is 0. The maximum Gasteiger partial charge on any atom is 2.00 e. The third-order valence-electron chi connectivity index (χ3n) is 2.18. The van der Waals surface area contributed by atoms with Gasteiger partial charge in [0.1, 0.15) is 0 Å². The minimum Gasteiger partial charge on any atom is -0.688 e. The van der Waals surface area contributed by atoms with Crippen LogP contribution in [0.25, 0.3) is 10.6 Å². The maximum absolute atomic E-state index is 10.5. The molecule has 0 heterocycles. The predicted molar refractivity (Wildman–Crippen MR) is 88.7 cm³/mol. The van der Waals surface area contributed by atoms with Gasteiger partial charge in [-0.3, -0.25) is 9.59 Å². The van der Waals surface area contributed by atoms with Crippen LogP contribution in [0.1, 0.15) is 40.5 Å². The number of carbonyl (C=O) groups is 2. The normalized spacial score (nSPS) is 10.9. The first-order valence-electron chi connectivity index (χ1n) is 7.28. The topological polar surface area (TPSA) is 103 Å². The summed E-state index contributed by atoms with van der Waals surface area (Å²) in [6.07, 6.45) is 4.28. The van der Waals surface area contributed by atoms with Crippen molar-refractivity contribution in [3.63, 3.8) is 0 Å². The van der Waals surface area contributed by atoms with E-state index in [4.69, 9.17) is 10.2 Å². The maximum atomic E-state index is 10.5. The zero-order valence-electron chi connectivity index (χ0n) is 14.5. The molecule has 23 heavy (non-hydrogen) atoms. The molecule has 0 rings (SSSR count). The summed E-state index contributed by atoms with van der Waals surface area (Å²) in [6, 6.07) is 0. The van der Waals surface area contributed by atoms with Crippen molar-refractivity contribution in [2.75, 3.05) is 26.3 Å². The summed E-state index contributed by atoms with van der Waals surface area (Å²) in [6.45, 7) is 8.01. The van der Waals surface area contributed by atoms with Crippen LogP contribution in [0.5, 0.6) is 0 Å². The molecule has 0 aromatic rings. The van der Waals surface area contributed by atoms with Crippen LogP contribution in [-0.4, -0.2) is 48.1 Å². The Balaban J connectivity index is -0.000000333. The van der Waals surface area contributed by atoms with Crippen molar-refractivity contribution in [2.45, 2.75) is 40.5 Å². The van der Waals surface area contributed by atoms with Gasteiger partial charge in [-0.25, -0.2) is 0 Å². The van der Waals surface area contributed by atoms with Crippen molar-refractivity contribution in [1.29, 1.82) is 0 Å². The van der Waals surface area contributed by atoms with Crippen molar-refractivity contribution >= 4 is 11.6 Å². The average molecular weight is 360 g/mol. The van der Waals surface area contributed by atoms with Gasteiger partial charge in [-0.15, -0.1) is 13.1 Å². The quantitative estimate of drug-likeness (QED) is 0.355. The Hall–Kier alpha value is -0.946. The number of aliphatic hydroxyl groups excluding tert-OH is 2. The van der Waals surface area contributed by atoms with E-state index >= 15 is 0 Å². The molecule has 0 aromatic heterocycles. The molecule has 0 unspecified atom stereocenters. The Kier molecular flexibility index (Phi) is 22.4. The number of aliphatic hydroxyl groups is 2. The number of carbonyl (C=O) groups excluding carboxylic acids is 2. The van der Waals surface area contributed by atoms with E-state index in [1.54, 1.807) is 13.8 Å². The van der Waals surface area contributed by atoms with E-state index in [-0.39, 0.29) is 46.5 Å². The third kappa shape index (κ3) is 26.3. The SMILES string of the molecule is CC(=O)C=C(C)[N-]CCCO.CC(=O)C=C(C)[N-]CCCO.[Ti+2]. The van der Waals surface area contributed by atoms with Crippen molar-refractivity contribution in [1.82, 2.24) is 0 Å². The molecule has 0 aromatic carbocycles. The van der Waals surface area contributed by atoms with Crippen molar-refractivity contribution in [2.24, 2.45) is 0 Å². The molecule has 130 valence electrons. The van der Waals surface area contributed by atoms with E-state index in [0.29, 0.717) is 25.9 Å². The fraction of sp³-hybridized carbons (Fsp3) is 0.625. The molecule has 0 saturated carbocycles. The molecule has 0 amide bonds. The van der Waals surface area contributed by atoms with E-state index in [0.717, 1.165) is 11.4 Å². The summed E-state index contributed by atoms with van der Waals surface area (Å²) in [5.74, 6) is 0.0190. The summed E-state index contributed by atoms with van der Waals surface area (Å²) in [5.41, 5.74) is 1.46. The molecule has 0 atom stereocenters. The number of allylic oxidation sites excluding steroid dienone is 4. The van der Waals surface area contributed by atoms with E-state index in [1.807, 2.05) is 0 Å². The standard InChI is InChI=1S/2C8H15NO2.Ti/c2*1-7(6-8(2)11)9-4-3-5-10;/h2*6,10H,3-5H2,1-2H3,(H,9,11);/q;;+2/p-2. The Morgan fingerprint density at radius 2 is 1.09 bits per heavy atom. The molecule has 2 N–H and O–H groups in total. The van der Waals surface area contributed by atoms with Gasteiger partial charge in [0, 0.05) is 13.2 Å². The first-order valence-corrected chi connectivity index (χ1v) is 7.28. The Labute approximate surface area is 154 Å². The van der Waals surface area contributed by atoms with Crippen LogP contribution < -0.4 is 0 Å². The molecule has 0 aliphatic rings. The average Bonchev–Trinajstić information content (AvgIpc) is 2.38. The molecular weight excluding hydrogens is 332 g/mol. The molecule has 0 fully saturated rings. The second kappa shape index (κ2) is 19.1. The zero-order chi connectivity index (χ0) is 17.4. The molecule has 0 aliphatic heterocycles. The van der Waals surface area contributed by atoms with E-state index < -0.39 is 0 Å². The van der Waals surface area contributed by atoms with Crippen LogP contribution in [0.15, 0.2) is 23.5 Å². The number of rotatable bonds is 10. The molecule has 0 saturated heterocycles. The van der Waals surface area contributed by atoms with Gasteiger partial charge in [0.15, 0.2) is 11.6 Å². The van der Waals surface area contributed by atoms with Gasteiger partial charge in [-0.05, 0) is 38.8 Å². The Morgan fingerprint density at radius 1 is 0.783 bits per heavy atom. The van der Waals surface area contributed by atoms with Gasteiger partial charge < -0.3 is 20.8 Å². The van der Waals surface area contributed by atoms with Gasteiger partial charge in [0.05, 0.1) is 0 Å². The van der Waals surface area contributed by atoms with Crippen LogP contribution >= 0.6 is 0 Å². The fourth-order valence-corrected chi connectivity index (χ4v) is 1.33. The van der Waals surface area contributed by atoms with E-state index in [2.05, 4.69) is 10.6 Å². The Bertz CT molecular complexity index is 346. The first kappa shape index (κ1) is 26.9. The monoisotopic (exact) mass is 360 g/mol. The van der Waals surface area contributed by atoms with E-state index in [9.17, 15) is 9.59 Å². The molecule has 0 bridgehead atoms. The van der Waals surface area contributed by atoms with Crippen LogP contribution in [0.3, 0.4) is 0 Å². The molecule has 0 radical (unpaired) electrons. The number of ketones is 2. The van der Waals surface area contributed by atoms with Crippen LogP contribution in [0.2, 0.25) is 0 Å². The smallest absolute Gasteiger partial charge is 0.688 e. The molecule has 0 spiro atoms. The number of hydrogen-bond acceptors (Lipinski definition) is 4. The van der Waals surface area contributed by atoms with Crippen LogP contribution in [-0.2, 0) is 31.3 Å². The zero-order valence-corrected chi connectivity index (χ0v) is 16.1. The number of nitrogens with zero attached hydrogens (tertiary/aromatic N) is 2. The van der Waals surface area contributed by atoms with E-state index in [1.165, 1.54) is 26.0 Å². The van der Waals surface area contributed by atoms with Crippen molar-refractivity contribution < 1.29 is 41.5 Å². The van der Waals surface area contributed by atoms with Crippen molar-refractivity contribution in [3.8, 4) is 0 Å². The van der Waals surface area contributed by atoms with Gasteiger partial charge in [-0.2, -0.15) is 11.4 Å². The van der Waals surface area contributed by atoms with Crippen LogP contribution in [0, 0.1) is 0 Å². The van der Waals surface area contributed by atoms with Gasteiger partial charge >= 0.3 is 21.7 Å². The second-order valence-electron chi connectivity index (χ2n) is 4.71. The summed E-state index contributed by atoms with van der Waals surface area (Å²) in [5, 5.41) is 24.9.